The molecular weight excluding hydrogens is 294 g/mol. The number of amides is 2. The van der Waals surface area contributed by atoms with Crippen molar-refractivity contribution in [3.63, 3.8) is 0 Å². The Morgan fingerprint density at radius 3 is 2.74 bits per heavy atom. The SMILES string of the molecule is CCc1onc(C)c1NC(=O)N[C@@H]1CCO[C@H](C(CC)CC)C1. The van der Waals surface area contributed by atoms with Crippen molar-refractivity contribution in [3.8, 4) is 0 Å². The molecule has 1 aromatic rings. The molecule has 1 aliphatic rings. The molecule has 2 rings (SSSR count). The molecule has 1 saturated heterocycles. The van der Waals surface area contributed by atoms with E-state index in [1.165, 1.54) is 0 Å². The molecule has 1 aromatic heterocycles. The number of urea groups is 1. The molecule has 0 bridgehead atoms. The van der Waals surface area contributed by atoms with Gasteiger partial charge in [-0.15, -0.1) is 0 Å². The number of rotatable bonds is 6. The second kappa shape index (κ2) is 8.34. The van der Waals surface area contributed by atoms with Crippen LogP contribution in [0.2, 0.25) is 0 Å². The summed E-state index contributed by atoms with van der Waals surface area (Å²) in [5.74, 6) is 1.27. The van der Waals surface area contributed by atoms with Gasteiger partial charge in [-0.3, -0.25) is 0 Å². The molecule has 2 N–H and O–H groups in total. The molecule has 0 aromatic carbocycles. The second-order valence-corrected chi connectivity index (χ2v) is 6.23. The minimum absolute atomic E-state index is 0.152. The van der Waals surface area contributed by atoms with Gasteiger partial charge in [-0.05, 0) is 25.7 Å². The van der Waals surface area contributed by atoms with E-state index in [1.54, 1.807) is 0 Å². The Morgan fingerprint density at radius 2 is 2.09 bits per heavy atom. The first-order chi connectivity index (χ1) is 11.1. The maximum Gasteiger partial charge on any atom is 0.319 e. The van der Waals surface area contributed by atoms with Crippen molar-refractivity contribution in [3.05, 3.63) is 11.5 Å². The number of nitrogens with one attached hydrogen (secondary N) is 2. The van der Waals surface area contributed by atoms with Crippen LogP contribution in [0.25, 0.3) is 0 Å². The molecule has 2 amide bonds. The Balaban J connectivity index is 1.91. The molecular formula is C17H29N3O3. The van der Waals surface area contributed by atoms with Crippen LogP contribution in [-0.2, 0) is 11.2 Å². The average Bonchev–Trinajstić information content (AvgIpc) is 2.89. The summed E-state index contributed by atoms with van der Waals surface area (Å²) in [7, 11) is 0. The summed E-state index contributed by atoms with van der Waals surface area (Å²) in [6.07, 6.45) is 4.90. The maximum absolute atomic E-state index is 12.3. The van der Waals surface area contributed by atoms with Gasteiger partial charge >= 0.3 is 6.03 Å². The van der Waals surface area contributed by atoms with Crippen molar-refractivity contribution in [2.75, 3.05) is 11.9 Å². The highest BCUT2D eigenvalue weighted by Crippen LogP contribution is 2.25. The lowest BCUT2D eigenvalue weighted by Gasteiger charge is -2.34. The van der Waals surface area contributed by atoms with E-state index in [2.05, 4.69) is 29.6 Å². The van der Waals surface area contributed by atoms with Crippen LogP contribution in [0.5, 0.6) is 0 Å². The van der Waals surface area contributed by atoms with Crippen molar-refractivity contribution < 1.29 is 14.1 Å². The molecule has 1 fully saturated rings. The molecule has 0 unspecified atom stereocenters. The summed E-state index contributed by atoms with van der Waals surface area (Å²) >= 11 is 0. The van der Waals surface area contributed by atoms with Crippen molar-refractivity contribution in [2.24, 2.45) is 5.92 Å². The van der Waals surface area contributed by atoms with E-state index < -0.39 is 0 Å². The highest BCUT2D eigenvalue weighted by molar-refractivity contribution is 5.90. The van der Waals surface area contributed by atoms with Crippen molar-refractivity contribution in [1.82, 2.24) is 10.5 Å². The van der Waals surface area contributed by atoms with Crippen molar-refractivity contribution in [2.45, 2.75) is 71.9 Å². The monoisotopic (exact) mass is 323 g/mol. The highest BCUT2D eigenvalue weighted by atomic mass is 16.5. The van der Waals surface area contributed by atoms with Crippen LogP contribution in [0.3, 0.4) is 0 Å². The summed E-state index contributed by atoms with van der Waals surface area (Å²) in [6, 6.07) is -0.0409. The van der Waals surface area contributed by atoms with Crippen LogP contribution >= 0.6 is 0 Å². The van der Waals surface area contributed by atoms with E-state index in [0.717, 1.165) is 25.7 Å². The third-order valence-electron chi connectivity index (χ3n) is 4.72. The van der Waals surface area contributed by atoms with E-state index in [9.17, 15) is 4.79 Å². The summed E-state index contributed by atoms with van der Waals surface area (Å²) in [4.78, 5) is 12.3. The molecule has 23 heavy (non-hydrogen) atoms. The van der Waals surface area contributed by atoms with Gasteiger partial charge in [-0.25, -0.2) is 4.79 Å². The van der Waals surface area contributed by atoms with Crippen LogP contribution in [-0.4, -0.2) is 29.9 Å². The quantitative estimate of drug-likeness (QED) is 0.838. The van der Waals surface area contributed by atoms with Gasteiger partial charge < -0.3 is 19.9 Å². The topological polar surface area (TPSA) is 76.4 Å². The molecule has 2 atom stereocenters. The number of aryl methyl sites for hydroxylation is 2. The Kier molecular flexibility index (Phi) is 6.45. The lowest BCUT2D eigenvalue weighted by atomic mass is 9.89. The molecule has 6 nitrogen and oxygen atoms in total. The standard InChI is InChI=1S/C17H29N3O3/c1-5-12(6-2)15-10-13(8-9-22-15)18-17(21)19-16-11(4)20-23-14(16)7-3/h12-13,15H,5-10H2,1-4H3,(H2,18,19,21)/t13-,15+/m1/s1. The first-order valence-electron chi connectivity index (χ1n) is 8.73. The number of ether oxygens (including phenoxy) is 1. The summed E-state index contributed by atoms with van der Waals surface area (Å²) in [5, 5.41) is 9.86. The summed E-state index contributed by atoms with van der Waals surface area (Å²) in [5.41, 5.74) is 1.40. The number of carbonyl (C=O) groups is 1. The maximum atomic E-state index is 12.3. The number of hydrogen-bond acceptors (Lipinski definition) is 4. The Labute approximate surface area is 138 Å². The van der Waals surface area contributed by atoms with Gasteiger partial charge in [0.25, 0.3) is 0 Å². The number of anilines is 1. The first kappa shape index (κ1) is 17.8. The fourth-order valence-corrected chi connectivity index (χ4v) is 3.26. The fourth-order valence-electron chi connectivity index (χ4n) is 3.26. The zero-order valence-corrected chi connectivity index (χ0v) is 14.6. The third-order valence-corrected chi connectivity index (χ3v) is 4.72. The Bertz CT molecular complexity index is 511. The van der Waals surface area contributed by atoms with Gasteiger partial charge in [0.15, 0.2) is 5.76 Å². The first-order valence-corrected chi connectivity index (χ1v) is 8.73. The molecule has 0 spiro atoms. The Morgan fingerprint density at radius 1 is 1.35 bits per heavy atom. The predicted molar refractivity (Wildman–Crippen MR) is 89.6 cm³/mol. The smallest absolute Gasteiger partial charge is 0.319 e. The lowest BCUT2D eigenvalue weighted by molar-refractivity contribution is -0.0329. The third kappa shape index (κ3) is 4.47. The van der Waals surface area contributed by atoms with Gasteiger partial charge in [0.05, 0.1) is 6.10 Å². The molecule has 0 saturated carbocycles. The fraction of sp³-hybridized carbons (Fsp3) is 0.765. The molecule has 2 heterocycles. The van der Waals surface area contributed by atoms with Crippen LogP contribution in [0.1, 0.15) is 57.9 Å². The second-order valence-electron chi connectivity index (χ2n) is 6.23. The van der Waals surface area contributed by atoms with E-state index in [-0.39, 0.29) is 18.2 Å². The highest BCUT2D eigenvalue weighted by Gasteiger charge is 2.28. The van der Waals surface area contributed by atoms with Gasteiger partial charge in [-0.2, -0.15) is 0 Å². The normalized spacial score (nSPS) is 21.4. The number of carbonyl (C=O) groups excluding carboxylic acids is 1. The zero-order chi connectivity index (χ0) is 16.8. The van der Waals surface area contributed by atoms with E-state index >= 15 is 0 Å². The van der Waals surface area contributed by atoms with E-state index in [1.807, 2.05) is 13.8 Å². The Hall–Kier alpha value is -1.56. The molecule has 6 heteroatoms. The van der Waals surface area contributed by atoms with Crippen LogP contribution in [0, 0.1) is 12.8 Å². The van der Waals surface area contributed by atoms with Gasteiger partial charge in [0, 0.05) is 19.1 Å². The average molecular weight is 323 g/mol. The molecule has 0 aliphatic carbocycles. The predicted octanol–water partition coefficient (Wildman–Crippen LogP) is 3.65. The molecule has 1 aliphatic heterocycles. The number of hydrogen-bond donors (Lipinski definition) is 2. The van der Waals surface area contributed by atoms with Crippen LogP contribution in [0.15, 0.2) is 4.52 Å². The van der Waals surface area contributed by atoms with Crippen molar-refractivity contribution in [1.29, 1.82) is 0 Å². The van der Waals surface area contributed by atoms with Crippen molar-refractivity contribution >= 4 is 11.7 Å². The largest absolute Gasteiger partial charge is 0.378 e. The molecule has 0 radical (unpaired) electrons. The van der Waals surface area contributed by atoms with Crippen LogP contribution < -0.4 is 10.6 Å². The summed E-state index contributed by atoms with van der Waals surface area (Å²) < 4.78 is 11.1. The minimum Gasteiger partial charge on any atom is -0.378 e. The van der Waals surface area contributed by atoms with Crippen LogP contribution in [0.4, 0.5) is 10.5 Å². The van der Waals surface area contributed by atoms with E-state index in [4.69, 9.17) is 9.26 Å². The minimum atomic E-state index is -0.193. The van der Waals surface area contributed by atoms with Gasteiger partial charge in [-0.1, -0.05) is 38.8 Å². The zero-order valence-electron chi connectivity index (χ0n) is 14.6. The van der Waals surface area contributed by atoms with E-state index in [0.29, 0.717) is 36.1 Å². The number of nitrogens with zero attached hydrogens (tertiary/aromatic N) is 1. The molecule has 130 valence electrons. The van der Waals surface area contributed by atoms with Gasteiger partial charge in [0.2, 0.25) is 0 Å². The van der Waals surface area contributed by atoms with Gasteiger partial charge in [0.1, 0.15) is 11.4 Å². The lowest BCUT2D eigenvalue weighted by Crippen LogP contribution is -2.45. The number of aromatic nitrogens is 1. The summed E-state index contributed by atoms with van der Waals surface area (Å²) in [6.45, 7) is 8.90.